The normalized spacial score (nSPS) is 11.2. The van der Waals surface area contributed by atoms with Crippen LogP contribution in [0.1, 0.15) is 45.2 Å². The predicted octanol–water partition coefficient (Wildman–Crippen LogP) is 5.55. The number of benzene rings is 3. The van der Waals surface area contributed by atoms with E-state index < -0.39 is 5.97 Å². The summed E-state index contributed by atoms with van der Waals surface area (Å²) in [7, 11) is 0. The van der Waals surface area contributed by atoms with Gasteiger partial charge in [-0.25, -0.2) is 4.79 Å². The summed E-state index contributed by atoms with van der Waals surface area (Å²) in [5.41, 5.74) is 6.93. The number of aryl methyl sites for hydroxylation is 2. The number of nitrogens with one attached hydrogen (secondary N) is 1. The zero-order valence-electron chi connectivity index (χ0n) is 18.1. The van der Waals surface area contributed by atoms with Gasteiger partial charge in [-0.2, -0.15) is 0 Å². The van der Waals surface area contributed by atoms with Crippen molar-refractivity contribution in [3.63, 3.8) is 0 Å². The molecule has 0 spiro atoms. The number of carbonyl (C=O) groups is 1. The van der Waals surface area contributed by atoms with Crippen molar-refractivity contribution in [3.8, 4) is 0 Å². The van der Waals surface area contributed by atoms with Crippen molar-refractivity contribution in [1.29, 1.82) is 0 Å². The summed E-state index contributed by atoms with van der Waals surface area (Å²) < 4.78 is 1.93. The molecule has 0 bridgehead atoms. The molecule has 0 radical (unpaired) electrons. The Balaban J connectivity index is 1.64. The number of carboxylic acids is 1. The Labute approximate surface area is 183 Å². The van der Waals surface area contributed by atoms with E-state index in [1.54, 1.807) is 0 Å². The molecule has 1 aromatic heterocycles. The van der Waals surface area contributed by atoms with E-state index in [0.29, 0.717) is 25.3 Å². The minimum absolute atomic E-state index is 0.357. The van der Waals surface area contributed by atoms with Gasteiger partial charge in [-0.15, -0.1) is 0 Å². The summed E-state index contributed by atoms with van der Waals surface area (Å²) in [6.45, 7) is 5.92. The molecular formula is C27H28N2O2. The topological polar surface area (TPSA) is 54.3 Å². The van der Waals surface area contributed by atoms with Gasteiger partial charge in [-0.1, -0.05) is 79.2 Å². The summed E-state index contributed by atoms with van der Waals surface area (Å²) in [5.74, 6) is -0.896. The van der Waals surface area contributed by atoms with Crippen LogP contribution < -0.4 is 5.32 Å². The average Bonchev–Trinajstić information content (AvgIpc) is 3.09. The molecule has 4 nitrogen and oxygen atoms in total. The molecule has 0 aliphatic rings. The minimum Gasteiger partial charge on any atom is -0.477 e. The standard InChI is InChI=1S/C27H28N2O2/c1-3-20-12-14-21(15-13-20)16-28-17-24-23-6-4-5-7-25(23)29(26(24)27(30)31)18-22-10-8-19(2)9-11-22/h4-15,28H,3,16-18H2,1-2H3,(H,30,31). The van der Waals surface area contributed by atoms with Crippen LogP contribution in [0, 0.1) is 6.92 Å². The third kappa shape index (κ3) is 4.54. The maximum atomic E-state index is 12.3. The van der Waals surface area contributed by atoms with Gasteiger partial charge in [0.1, 0.15) is 5.69 Å². The molecule has 0 saturated heterocycles. The number of carboxylic acid groups (broad SMARTS) is 1. The molecule has 4 aromatic rings. The van der Waals surface area contributed by atoms with Crippen LogP contribution in [0.25, 0.3) is 10.9 Å². The summed E-state index contributed by atoms with van der Waals surface area (Å²) >= 11 is 0. The Hall–Kier alpha value is -3.37. The van der Waals surface area contributed by atoms with Crippen molar-refractivity contribution in [2.75, 3.05) is 0 Å². The minimum atomic E-state index is -0.896. The van der Waals surface area contributed by atoms with Crippen LogP contribution in [-0.4, -0.2) is 15.6 Å². The molecule has 0 aliphatic carbocycles. The second-order valence-corrected chi connectivity index (χ2v) is 7.99. The van der Waals surface area contributed by atoms with Gasteiger partial charge in [-0.05, 0) is 36.1 Å². The van der Waals surface area contributed by atoms with Gasteiger partial charge >= 0.3 is 5.97 Å². The third-order valence-electron chi connectivity index (χ3n) is 5.80. The number of fused-ring (bicyclic) bond motifs is 1. The van der Waals surface area contributed by atoms with Crippen LogP contribution in [0.15, 0.2) is 72.8 Å². The molecule has 4 rings (SSSR count). The molecule has 31 heavy (non-hydrogen) atoms. The maximum absolute atomic E-state index is 12.3. The number of nitrogens with zero attached hydrogens (tertiary/aromatic N) is 1. The highest BCUT2D eigenvalue weighted by Crippen LogP contribution is 2.28. The van der Waals surface area contributed by atoms with E-state index >= 15 is 0 Å². The van der Waals surface area contributed by atoms with Gasteiger partial charge in [0.05, 0.1) is 0 Å². The molecule has 4 heteroatoms. The van der Waals surface area contributed by atoms with Crippen molar-refractivity contribution in [2.45, 2.75) is 39.9 Å². The molecule has 0 atom stereocenters. The number of para-hydroxylation sites is 1. The molecule has 3 aromatic carbocycles. The van der Waals surface area contributed by atoms with Crippen molar-refractivity contribution in [1.82, 2.24) is 9.88 Å². The first-order valence-electron chi connectivity index (χ1n) is 10.7. The van der Waals surface area contributed by atoms with Gasteiger partial charge < -0.3 is 15.0 Å². The predicted molar refractivity (Wildman–Crippen MR) is 126 cm³/mol. The second kappa shape index (κ2) is 9.19. The molecular weight excluding hydrogens is 384 g/mol. The molecule has 0 unspecified atom stereocenters. The van der Waals surface area contributed by atoms with Crippen LogP contribution >= 0.6 is 0 Å². The van der Waals surface area contributed by atoms with Gasteiger partial charge in [0, 0.05) is 36.1 Å². The number of hydrogen-bond acceptors (Lipinski definition) is 2. The van der Waals surface area contributed by atoms with Gasteiger partial charge in [0.2, 0.25) is 0 Å². The largest absolute Gasteiger partial charge is 0.477 e. The van der Waals surface area contributed by atoms with Crippen LogP contribution in [0.3, 0.4) is 0 Å². The first-order valence-corrected chi connectivity index (χ1v) is 10.7. The second-order valence-electron chi connectivity index (χ2n) is 7.99. The van der Waals surface area contributed by atoms with Crippen LogP contribution in [0.4, 0.5) is 0 Å². The quantitative estimate of drug-likeness (QED) is 0.399. The van der Waals surface area contributed by atoms with E-state index in [-0.39, 0.29) is 0 Å². The lowest BCUT2D eigenvalue weighted by atomic mass is 10.1. The number of rotatable bonds is 8. The Kier molecular flexibility index (Phi) is 6.19. The monoisotopic (exact) mass is 412 g/mol. The number of hydrogen-bond donors (Lipinski definition) is 2. The number of aromatic carboxylic acids is 1. The summed E-state index contributed by atoms with van der Waals surface area (Å²) in [6, 6.07) is 24.8. The molecule has 1 heterocycles. The van der Waals surface area contributed by atoms with Crippen molar-refractivity contribution < 1.29 is 9.90 Å². The van der Waals surface area contributed by atoms with Crippen molar-refractivity contribution in [3.05, 3.63) is 106 Å². The highest BCUT2D eigenvalue weighted by Gasteiger charge is 2.22. The first kappa shape index (κ1) is 20.9. The molecule has 2 N–H and O–H groups in total. The zero-order valence-corrected chi connectivity index (χ0v) is 18.1. The molecule has 158 valence electrons. The Morgan fingerprint density at radius 1 is 0.871 bits per heavy atom. The lowest BCUT2D eigenvalue weighted by Gasteiger charge is -2.10. The molecule has 0 saturated carbocycles. The van der Waals surface area contributed by atoms with E-state index in [2.05, 4.69) is 67.7 Å². The van der Waals surface area contributed by atoms with E-state index in [9.17, 15) is 9.90 Å². The van der Waals surface area contributed by atoms with Gasteiger partial charge in [-0.3, -0.25) is 0 Å². The highest BCUT2D eigenvalue weighted by molar-refractivity contribution is 5.98. The van der Waals surface area contributed by atoms with Crippen molar-refractivity contribution in [2.24, 2.45) is 0 Å². The SMILES string of the molecule is CCc1ccc(CNCc2c(C(=O)O)n(Cc3ccc(C)cc3)c3ccccc23)cc1. The molecule has 0 amide bonds. The van der Waals surface area contributed by atoms with Crippen molar-refractivity contribution >= 4 is 16.9 Å². The lowest BCUT2D eigenvalue weighted by Crippen LogP contribution is -2.17. The van der Waals surface area contributed by atoms with E-state index in [1.807, 2.05) is 28.8 Å². The Bertz CT molecular complexity index is 1190. The summed E-state index contributed by atoms with van der Waals surface area (Å²) in [6.07, 6.45) is 1.02. The fraction of sp³-hybridized carbons (Fsp3) is 0.222. The van der Waals surface area contributed by atoms with Crippen LogP contribution in [-0.2, 0) is 26.1 Å². The summed E-state index contributed by atoms with van der Waals surface area (Å²) in [4.78, 5) is 12.3. The number of aromatic nitrogens is 1. The fourth-order valence-electron chi connectivity index (χ4n) is 4.06. The van der Waals surface area contributed by atoms with Gasteiger partial charge in [0.25, 0.3) is 0 Å². The third-order valence-corrected chi connectivity index (χ3v) is 5.80. The van der Waals surface area contributed by atoms with E-state index in [1.165, 1.54) is 16.7 Å². The van der Waals surface area contributed by atoms with E-state index in [0.717, 1.165) is 28.5 Å². The van der Waals surface area contributed by atoms with Crippen LogP contribution in [0.2, 0.25) is 0 Å². The Morgan fingerprint density at radius 3 is 2.19 bits per heavy atom. The average molecular weight is 413 g/mol. The lowest BCUT2D eigenvalue weighted by molar-refractivity contribution is 0.0685. The highest BCUT2D eigenvalue weighted by atomic mass is 16.4. The Morgan fingerprint density at radius 2 is 1.52 bits per heavy atom. The fourth-order valence-corrected chi connectivity index (χ4v) is 4.06. The molecule has 0 fully saturated rings. The van der Waals surface area contributed by atoms with E-state index in [4.69, 9.17) is 0 Å². The smallest absolute Gasteiger partial charge is 0.352 e. The maximum Gasteiger partial charge on any atom is 0.352 e. The molecule has 0 aliphatic heterocycles. The van der Waals surface area contributed by atoms with Crippen LogP contribution in [0.5, 0.6) is 0 Å². The van der Waals surface area contributed by atoms with Gasteiger partial charge in [0.15, 0.2) is 0 Å². The summed E-state index contributed by atoms with van der Waals surface area (Å²) in [5, 5.41) is 14.5. The first-order chi connectivity index (χ1) is 15.1. The zero-order chi connectivity index (χ0) is 21.8.